The van der Waals surface area contributed by atoms with E-state index in [1.165, 1.54) is 0 Å². The van der Waals surface area contributed by atoms with Gasteiger partial charge in [-0.1, -0.05) is 0 Å². The number of rotatable bonds is 2. The van der Waals surface area contributed by atoms with Gasteiger partial charge in [0.25, 0.3) is 6.43 Å². The first kappa shape index (κ1) is 13.6. The zero-order valence-corrected chi connectivity index (χ0v) is 9.80. The Hall–Kier alpha value is -0.430. The van der Waals surface area contributed by atoms with Crippen LogP contribution in [0.5, 0.6) is 0 Å². The molecule has 0 aliphatic heterocycles. The Morgan fingerprint density at radius 1 is 1.38 bits per heavy atom. The lowest BCUT2D eigenvalue weighted by molar-refractivity contribution is -0.138. The number of aromatic nitrogens is 1. The van der Waals surface area contributed by atoms with Crippen LogP contribution in [0, 0.1) is 0 Å². The van der Waals surface area contributed by atoms with Crippen LogP contribution in [0.4, 0.5) is 22.0 Å². The fourth-order valence-corrected chi connectivity index (χ4v) is 1.95. The Morgan fingerprint density at radius 3 is 2.31 bits per heavy atom. The molecule has 0 aliphatic rings. The van der Waals surface area contributed by atoms with Gasteiger partial charge in [-0.05, 0) is 21.5 Å². The van der Waals surface area contributed by atoms with Crippen LogP contribution in [-0.4, -0.2) is 4.98 Å². The maximum absolute atomic E-state index is 12.5. The van der Waals surface area contributed by atoms with Crippen molar-refractivity contribution >= 4 is 27.5 Å². The Kier molecular flexibility index (Phi) is 4.12. The molecule has 1 rings (SSSR count). The minimum atomic E-state index is -4.75. The fourth-order valence-electron chi connectivity index (χ4n) is 1.15. The van der Waals surface area contributed by atoms with Gasteiger partial charge in [0.2, 0.25) is 0 Å². The van der Waals surface area contributed by atoms with Crippen LogP contribution in [0.25, 0.3) is 0 Å². The molecule has 0 aromatic carbocycles. The van der Waals surface area contributed by atoms with E-state index in [0.717, 1.165) is 0 Å². The van der Waals surface area contributed by atoms with E-state index in [4.69, 9.17) is 11.6 Å². The molecule has 1 nitrogen and oxygen atoms in total. The molecule has 0 radical (unpaired) electrons. The third kappa shape index (κ3) is 2.63. The van der Waals surface area contributed by atoms with Crippen molar-refractivity contribution in [3.05, 3.63) is 27.5 Å². The zero-order chi connectivity index (χ0) is 12.5. The van der Waals surface area contributed by atoms with Gasteiger partial charge in [-0.3, -0.25) is 0 Å². The maximum atomic E-state index is 12.5. The molecule has 0 aliphatic carbocycles. The third-order valence-electron chi connectivity index (χ3n) is 1.84. The van der Waals surface area contributed by atoms with Gasteiger partial charge in [0, 0.05) is 12.1 Å². The van der Waals surface area contributed by atoms with E-state index in [1.807, 2.05) is 0 Å². The molecule has 90 valence electrons. The SMILES string of the molecule is FC(F)c1c(Br)ncc(C(F)(F)F)c1CCl. The Bertz CT molecular complexity index is 393. The molecule has 0 saturated heterocycles. The molecular formula is C8H4BrClF5N. The van der Waals surface area contributed by atoms with Gasteiger partial charge in [-0.25, -0.2) is 13.8 Å². The topological polar surface area (TPSA) is 12.9 Å². The minimum absolute atomic E-state index is 0.328. The van der Waals surface area contributed by atoms with Gasteiger partial charge in [0.15, 0.2) is 0 Å². The monoisotopic (exact) mass is 323 g/mol. The number of pyridine rings is 1. The fraction of sp³-hybridized carbons (Fsp3) is 0.375. The first-order valence-corrected chi connectivity index (χ1v) is 5.20. The van der Waals surface area contributed by atoms with Gasteiger partial charge in [0.1, 0.15) is 4.60 Å². The highest BCUT2D eigenvalue weighted by Gasteiger charge is 2.36. The van der Waals surface area contributed by atoms with Crippen LogP contribution in [0.15, 0.2) is 10.8 Å². The summed E-state index contributed by atoms with van der Waals surface area (Å²) >= 11 is 7.95. The van der Waals surface area contributed by atoms with Crippen molar-refractivity contribution < 1.29 is 22.0 Å². The molecule has 1 aromatic rings. The van der Waals surface area contributed by atoms with Crippen molar-refractivity contribution in [2.45, 2.75) is 18.5 Å². The summed E-state index contributed by atoms with van der Waals surface area (Å²) in [6.07, 6.45) is -7.34. The standard InChI is InChI=1S/C8H4BrClF5N/c9-6-5(7(11)12)3(1-10)4(2-16-6)8(13,14)15/h2,7H,1H2. The second-order valence-electron chi connectivity index (χ2n) is 2.79. The molecule has 0 unspecified atom stereocenters. The summed E-state index contributed by atoms with van der Waals surface area (Å²) in [5, 5.41) is 0. The smallest absolute Gasteiger partial charge is 0.248 e. The van der Waals surface area contributed by atoms with Crippen LogP contribution in [0.3, 0.4) is 0 Å². The molecule has 1 aromatic heterocycles. The molecule has 0 saturated carbocycles. The molecule has 0 spiro atoms. The predicted octanol–water partition coefficient (Wildman–Crippen LogP) is 4.54. The van der Waals surface area contributed by atoms with Crippen LogP contribution in [0.2, 0.25) is 0 Å². The molecule has 0 bridgehead atoms. The minimum Gasteiger partial charge on any atom is -0.248 e. The predicted molar refractivity (Wildman–Crippen MR) is 51.5 cm³/mol. The molecule has 1 heterocycles. The van der Waals surface area contributed by atoms with Crippen molar-refractivity contribution in [3.8, 4) is 0 Å². The summed E-state index contributed by atoms with van der Waals surface area (Å²) in [6, 6.07) is 0. The van der Waals surface area contributed by atoms with Crippen LogP contribution < -0.4 is 0 Å². The summed E-state index contributed by atoms with van der Waals surface area (Å²) in [5.41, 5.74) is -2.70. The highest BCUT2D eigenvalue weighted by Crippen LogP contribution is 2.38. The van der Waals surface area contributed by atoms with Gasteiger partial charge in [0.05, 0.1) is 11.1 Å². The van der Waals surface area contributed by atoms with Crippen LogP contribution >= 0.6 is 27.5 Å². The first-order valence-electron chi connectivity index (χ1n) is 3.87. The van der Waals surface area contributed by atoms with E-state index in [1.54, 1.807) is 0 Å². The molecular weight excluding hydrogens is 320 g/mol. The van der Waals surface area contributed by atoms with E-state index in [0.29, 0.717) is 6.20 Å². The van der Waals surface area contributed by atoms with Crippen molar-refractivity contribution in [2.24, 2.45) is 0 Å². The van der Waals surface area contributed by atoms with E-state index in [-0.39, 0.29) is 4.60 Å². The summed E-state index contributed by atoms with van der Waals surface area (Å²) in [5.74, 6) is -0.657. The Labute approximate surface area is 101 Å². The molecule has 0 atom stereocenters. The average Bonchev–Trinajstić information content (AvgIpc) is 2.14. The van der Waals surface area contributed by atoms with E-state index in [2.05, 4.69) is 20.9 Å². The third-order valence-corrected chi connectivity index (χ3v) is 2.74. The normalized spacial score (nSPS) is 12.2. The number of alkyl halides is 6. The number of nitrogens with zero attached hydrogens (tertiary/aromatic N) is 1. The second kappa shape index (κ2) is 4.83. The van der Waals surface area contributed by atoms with Gasteiger partial charge in [-0.15, -0.1) is 11.6 Å². The lowest BCUT2D eigenvalue weighted by atomic mass is 10.1. The summed E-state index contributed by atoms with van der Waals surface area (Å²) in [6.45, 7) is 0. The maximum Gasteiger partial charge on any atom is 0.418 e. The lowest BCUT2D eigenvalue weighted by Crippen LogP contribution is -2.12. The van der Waals surface area contributed by atoms with Gasteiger partial charge in [-0.2, -0.15) is 13.2 Å². The van der Waals surface area contributed by atoms with Crippen molar-refractivity contribution in [1.29, 1.82) is 0 Å². The molecule has 0 amide bonds. The van der Waals surface area contributed by atoms with Crippen molar-refractivity contribution in [2.75, 3.05) is 0 Å². The van der Waals surface area contributed by atoms with Crippen molar-refractivity contribution in [1.82, 2.24) is 4.98 Å². The Morgan fingerprint density at radius 2 is 1.94 bits per heavy atom. The largest absolute Gasteiger partial charge is 0.418 e. The molecule has 0 fully saturated rings. The highest BCUT2D eigenvalue weighted by atomic mass is 79.9. The summed E-state index contributed by atoms with van der Waals surface area (Å²) in [4.78, 5) is 3.23. The van der Waals surface area contributed by atoms with Crippen LogP contribution in [-0.2, 0) is 12.1 Å². The van der Waals surface area contributed by atoms with E-state index >= 15 is 0 Å². The van der Waals surface area contributed by atoms with E-state index in [9.17, 15) is 22.0 Å². The Balaban J connectivity index is 3.49. The lowest BCUT2D eigenvalue weighted by Gasteiger charge is -2.15. The zero-order valence-electron chi connectivity index (χ0n) is 7.45. The highest BCUT2D eigenvalue weighted by molar-refractivity contribution is 9.10. The number of hydrogen-bond donors (Lipinski definition) is 0. The quantitative estimate of drug-likeness (QED) is 0.442. The van der Waals surface area contributed by atoms with Gasteiger partial charge < -0.3 is 0 Å². The first-order chi connectivity index (χ1) is 7.29. The summed E-state index contributed by atoms with van der Waals surface area (Å²) in [7, 11) is 0. The number of hydrogen-bond acceptors (Lipinski definition) is 1. The van der Waals surface area contributed by atoms with Crippen molar-refractivity contribution in [3.63, 3.8) is 0 Å². The van der Waals surface area contributed by atoms with E-state index < -0.39 is 35.2 Å². The van der Waals surface area contributed by atoms with Gasteiger partial charge >= 0.3 is 6.18 Å². The molecule has 0 N–H and O–H groups in total. The summed E-state index contributed by atoms with van der Waals surface area (Å²) < 4.78 is 62.1. The number of halogens is 7. The van der Waals surface area contributed by atoms with Crippen LogP contribution in [0.1, 0.15) is 23.1 Å². The second-order valence-corrected chi connectivity index (χ2v) is 3.81. The molecule has 8 heteroatoms. The molecule has 16 heavy (non-hydrogen) atoms. The average molecular weight is 324 g/mol.